The first-order valence-corrected chi connectivity index (χ1v) is 8.29. The highest BCUT2D eigenvalue weighted by molar-refractivity contribution is 7.27. The monoisotopic (exact) mass is 310 g/mol. The summed E-state index contributed by atoms with van der Waals surface area (Å²) in [6.07, 6.45) is 0.799. The second-order valence-corrected chi connectivity index (χ2v) is 7.85. The molecule has 2 heterocycles. The van der Waals surface area contributed by atoms with Crippen molar-refractivity contribution < 1.29 is 4.74 Å². The molecule has 19 heavy (non-hydrogen) atoms. The van der Waals surface area contributed by atoms with E-state index < -0.39 is 0 Å². The van der Waals surface area contributed by atoms with E-state index in [1.165, 1.54) is 38.0 Å². The molecule has 2 aromatic rings. The lowest BCUT2D eigenvalue weighted by molar-refractivity contribution is 0.196. The van der Waals surface area contributed by atoms with Gasteiger partial charge in [0.05, 0.1) is 6.61 Å². The maximum atomic E-state index is 11.7. The van der Waals surface area contributed by atoms with E-state index in [1.807, 2.05) is 18.2 Å². The van der Waals surface area contributed by atoms with E-state index in [-0.39, 0.29) is 21.3 Å². The van der Waals surface area contributed by atoms with Crippen molar-refractivity contribution in [1.29, 1.82) is 0 Å². The maximum absolute atomic E-state index is 11.7. The maximum Gasteiger partial charge on any atom is 0.287 e. The molecule has 0 bridgehead atoms. The Hall–Kier alpha value is -0.840. The second-order valence-electron chi connectivity index (χ2n) is 4.95. The first-order chi connectivity index (χ1) is 9.24. The van der Waals surface area contributed by atoms with Gasteiger partial charge >= 0.3 is 0 Å². The van der Waals surface area contributed by atoms with Gasteiger partial charge in [-0.1, -0.05) is 40.9 Å². The van der Waals surface area contributed by atoms with Crippen molar-refractivity contribution >= 4 is 34.3 Å². The molecule has 0 N–H and O–H groups in total. The van der Waals surface area contributed by atoms with Gasteiger partial charge in [0.2, 0.25) is 0 Å². The largest absolute Gasteiger partial charge is 0.493 e. The number of halogens is 1. The molecule has 3 atom stereocenters. The molecule has 0 radical (unpaired) electrons. The average molecular weight is 311 g/mol. The van der Waals surface area contributed by atoms with Gasteiger partial charge in [-0.15, -0.1) is 11.6 Å². The topological polar surface area (TPSA) is 26.3 Å². The van der Waals surface area contributed by atoms with Crippen LogP contribution in [0.5, 0.6) is 5.75 Å². The van der Waals surface area contributed by atoms with Crippen LogP contribution in [0.15, 0.2) is 29.1 Å². The number of fused-ring (bicyclic) bond motifs is 5. The summed E-state index contributed by atoms with van der Waals surface area (Å²) >= 11 is 9.28. The number of benzene rings is 1. The lowest BCUT2D eigenvalue weighted by Gasteiger charge is -2.39. The molecule has 4 rings (SSSR count). The van der Waals surface area contributed by atoms with E-state index in [2.05, 4.69) is 6.07 Å². The Morgan fingerprint density at radius 2 is 2.11 bits per heavy atom. The molecular formula is C14H11ClO2S2. The minimum absolute atomic E-state index is 0.0520. The fourth-order valence-electron chi connectivity index (χ4n) is 3.06. The second kappa shape index (κ2) is 4.33. The van der Waals surface area contributed by atoms with Crippen LogP contribution in [-0.2, 0) is 6.42 Å². The summed E-state index contributed by atoms with van der Waals surface area (Å²) in [5.74, 6) is 1.45. The van der Waals surface area contributed by atoms with Gasteiger partial charge in [0.15, 0.2) is 0 Å². The normalized spacial score (nSPS) is 27.9. The van der Waals surface area contributed by atoms with Gasteiger partial charge in [-0.2, -0.15) is 0 Å². The third kappa shape index (κ3) is 1.77. The fourth-order valence-corrected chi connectivity index (χ4v) is 6.01. The molecule has 5 heteroatoms. The highest BCUT2D eigenvalue weighted by atomic mass is 35.5. The summed E-state index contributed by atoms with van der Waals surface area (Å²) in [5.41, 5.74) is 1.18. The number of ether oxygens (including phenoxy) is 1. The molecule has 1 unspecified atom stereocenters. The number of hydrogen-bond donors (Lipinski definition) is 0. The van der Waals surface area contributed by atoms with E-state index in [0.717, 1.165) is 12.2 Å². The van der Waals surface area contributed by atoms with E-state index in [1.54, 1.807) is 0 Å². The molecule has 1 aromatic heterocycles. The molecule has 0 saturated carbocycles. The fraction of sp³-hybridized carbons (Fsp3) is 0.357. The summed E-state index contributed by atoms with van der Waals surface area (Å²) in [6, 6.07) is 8.10. The van der Waals surface area contributed by atoms with Gasteiger partial charge < -0.3 is 4.74 Å². The molecule has 2 aliphatic rings. The SMILES string of the molecule is O=c1sc2c(s1)C1c3ccccc3OC[C@@H]1[C@H](Cl)C2. The van der Waals surface area contributed by atoms with Crippen molar-refractivity contribution in [2.24, 2.45) is 5.92 Å². The zero-order valence-electron chi connectivity index (χ0n) is 9.97. The zero-order chi connectivity index (χ0) is 13.0. The molecule has 0 spiro atoms. The number of hydrogen-bond acceptors (Lipinski definition) is 4. The molecule has 0 amide bonds. The first-order valence-electron chi connectivity index (χ1n) is 6.22. The van der Waals surface area contributed by atoms with Gasteiger partial charge in [0.25, 0.3) is 4.06 Å². The van der Waals surface area contributed by atoms with E-state index in [4.69, 9.17) is 16.3 Å². The van der Waals surface area contributed by atoms with Gasteiger partial charge in [-0.05, 0) is 12.5 Å². The zero-order valence-corrected chi connectivity index (χ0v) is 12.4. The Kier molecular flexibility index (Phi) is 2.72. The summed E-state index contributed by atoms with van der Waals surface area (Å²) < 4.78 is 6.01. The van der Waals surface area contributed by atoms with E-state index in [0.29, 0.717) is 6.61 Å². The minimum Gasteiger partial charge on any atom is -0.493 e. The van der Waals surface area contributed by atoms with E-state index >= 15 is 0 Å². The van der Waals surface area contributed by atoms with Crippen molar-refractivity contribution in [1.82, 2.24) is 0 Å². The summed E-state index contributed by atoms with van der Waals surface area (Å²) in [7, 11) is 0. The standard InChI is InChI=1S/C14H11ClO2S2/c15-9-5-11-13(19-14(16)18-11)12-7-3-1-2-4-10(7)17-6-8(9)12/h1-4,8-9,12H,5-6H2/t8-,9-,12?/m1/s1. The average Bonchev–Trinajstić information content (AvgIpc) is 2.78. The summed E-state index contributed by atoms with van der Waals surface area (Å²) in [6.45, 7) is 0.645. The van der Waals surface area contributed by atoms with Crippen molar-refractivity contribution in [3.05, 3.63) is 48.4 Å². The van der Waals surface area contributed by atoms with Crippen LogP contribution in [0.25, 0.3) is 0 Å². The smallest absolute Gasteiger partial charge is 0.287 e. The molecule has 0 fully saturated rings. The van der Waals surface area contributed by atoms with Crippen LogP contribution in [0.3, 0.4) is 0 Å². The Morgan fingerprint density at radius 3 is 3.00 bits per heavy atom. The van der Waals surface area contributed by atoms with Crippen LogP contribution in [0.2, 0.25) is 0 Å². The molecule has 0 saturated heterocycles. The molecule has 1 aliphatic heterocycles. The van der Waals surface area contributed by atoms with Crippen molar-refractivity contribution in [3.8, 4) is 5.75 Å². The van der Waals surface area contributed by atoms with Crippen LogP contribution in [0.1, 0.15) is 21.2 Å². The van der Waals surface area contributed by atoms with Crippen LogP contribution in [0.4, 0.5) is 0 Å². The Balaban J connectivity index is 1.95. The number of para-hydroxylation sites is 1. The highest BCUT2D eigenvalue weighted by Crippen LogP contribution is 2.50. The lowest BCUT2D eigenvalue weighted by Crippen LogP contribution is -2.37. The van der Waals surface area contributed by atoms with Gasteiger partial charge in [0, 0.05) is 32.5 Å². The summed E-state index contributed by atoms with van der Waals surface area (Å²) in [4.78, 5) is 14.1. The van der Waals surface area contributed by atoms with E-state index in [9.17, 15) is 4.79 Å². The predicted octanol–water partition coefficient (Wildman–Crippen LogP) is 3.47. The molecule has 1 aromatic carbocycles. The Morgan fingerprint density at radius 1 is 1.26 bits per heavy atom. The van der Waals surface area contributed by atoms with Crippen LogP contribution in [-0.4, -0.2) is 12.0 Å². The number of rotatable bonds is 0. The predicted molar refractivity (Wildman–Crippen MR) is 79.1 cm³/mol. The quantitative estimate of drug-likeness (QED) is 0.696. The molecule has 2 nitrogen and oxygen atoms in total. The Labute approximate surface area is 123 Å². The van der Waals surface area contributed by atoms with Crippen molar-refractivity contribution in [2.75, 3.05) is 6.61 Å². The van der Waals surface area contributed by atoms with Gasteiger partial charge in [-0.3, -0.25) is 4.79 Å². The number of alkyl halides is 1. The van der Waals surface area contributed by atoms with Crippen LogP contribution >= 0.6 is 34.3 Å². The van der Waals surface area contributed by atoms with Gasteiger partial charge in [-0.25, -0.2) is 0 Å². The first kappa shape index (κ1) is 11.9. The van der Waals surface area contributed by atoms with Crippen molar-refractivity contribution in [2.45, 2.75) is 17.7 Å². The molecular weight excluding hydrogens is 300 g/mol. The van der Waals surface area contributed by atoms with Gasteiger partial charge in [0.1, 0.15) is 5.75 Å². The highest BCUT2D eigenvalue weighted by Gasteiger charge is 2.42. The molecule has 1 aliphatic carbocycles. The van der Waals surface area contributed by atoms with Crippen molar-refractivity contribution in [3.63, 3.8) is 0 Å². The van der Waals surface area contributed by atoms with Crippen LogP contribution in [0, 0.1) is 5.92 Å². The Bertz CT molecular complexity index is 691. The third-order valence-corrected chi connectivity index (χ3v) is 6.71. The third-order valence-electron chi connectivity index (χ3n) is 3.92. The van der Waals surface area contributed by atoms with Crippen LogP contribution < -0.4 is 8.79 Å². The summed E-state index contributed by atoms with van der Waals surface area (Å²) in [5, 5.41) is 0.0520. The lowest BCUT2D eigenvalue weighted by atomic mass is 9.76. The minimum atomic E-state index is 0.0520. The molecule has 98 valence electrons.